The first-order chi connectivity index (χ1) is 13.8. The number of carboxylic acid groups (broad SMARTS) is 1. The lowest BCUT2D eigenvalue weighted by Crippen LogP contribution is -2.24. The van der Waals surface area contributed by atoms with E-state index in [-0.39, 0.29) is 17.0 Å². The molecule has 0 bridgehead atoms. The van der Waals surface area contributed by atoms with E-state index in [1.807, 2.05) is 19.1 Å². The van der Waals surface area contributed by atoms with Crippen LogP contribution in [0.3, 0.4) is 0 Å². The molecule has 0 fully saturated rings. The second-order valence-corrected chi connectivity index (χ2v) is 7.13. The van der Waals surface area contributed by atoms with Crippen molar-refractivity contribution in [1.82, 2.24) is 5.32 Å². The predicted molar refractivity (Wildman–Crippen MR) is 111 cm³/mol. The van der Waals surface area contributed by atoms with E-state index in [0.29, 0.717) is 17.2 Å². The summed E-state index contributed by atoms with van der Waals surface area (Å²) < 4.78 is 0. The van der Waals surface area contributed by atoms with E-state index in [9.17, 15) is 19.5 Å². The van der Waals surface area contributed by atoms with Crippen molar-refractivity contribution in [3.8, 4) is 0 Å². The molecule has 1 aliphatic carbocycles. The zero-order valence-electron chi connectivity index (χ0n) is 16.2. The fraction of sp³-hybridized carbons (Fsp3) is 0.174. The summed E-state index contributed by atoms with van der Waals surface area (Å²) in [4.78, 5) is 36.4. The molecule has 1 atom stereocenters. The highest BCUT2D eigenvalue weighted by molar-refractivity contribution is 6.11. The Labute approximate surface area is 168 Å². The molecule has 2 aromatic carbocycles. The molecule has 6 nitrogen and oxygen atoms in total. The highest BCUT2D eigenvalue weighted by atomic mass is 16.4. The van der Waals surface area contributed by atoms with Crippen LogP contribution in [-0.4, -0.2) is 22.9 Å². The van der Waals surface area contributed by atoms with Crippen molar-refractivity contribution in [2.24, 2.45) is 5.92 Å². The molecule has 3 N–H and O–H groups in total. The third-order valence-electron chi connectivity index (χ3n) is 4.55. The largest absolute Gasteiger partial charge is 0.478 e. The summed E-state index contributed by atoms with van der Waals surface area (Å²) in [6.07, 6.45) is 4.93. The molecule has 2 aromatic rings. The van der Waals surface area contributed by atoms with Gasteiger partial charge < -0.3 is 15.7 Å². The Kier molecular flexibility index (Phi) is 5.93. The number of hydrogen-bond acceptors (Lipinski definition) is 3. The van der Waals surface area contributed by atoms with E-state index in [4.69, 9.17) is 0 Å². The fourth-order valence-electron chi connectivity index (χ4n) is 3.33. The van der Waals surface area contributed by atoms with Crippen LogP contribution in [0.15, 0.2) is 72.0 Å². The maximum absolute atomic E-state index is 12.6. The van der Waals surface area contributed by atoms with Gasteiger partial charge >= 0.3 is 5.97 Å². The number of nitrogens with one attached hydrogen (secondary N) is 2. The van der Waals surface area contributed by atoms with Crippen molar-refractivity contribution in [1.29, 1.82) is 0 Å². The SMILES string of the molecule is CC1=CC(NC(=O)c2cccc(NC(=O)c3ccccc3C(=O)O)c2)=CC(C)C1. The number of aromatic carboxylic acids is 1. The lowest BCUT2D eigenvalue weighted by molar-refractivity contribution is 0.0692. The molecule has 3 rings (SSSR count). The van der Waals surface area contributed by atoms with Gasteiger partial charge in [0, 0.05) is 16.9 Å². The van der Waals surface area contributed by atoms with Crippen LogP contribution in [0.2, 0.25) is 0 Å². The Morgan fingerprint density at radius 1 is 0.966 bits per heavy atom. The average molecular weight is 390 g/mol. The maximum atomic E-state index is 12.6. The highest BCUT2D eigenvalue weighted by Gasteiger charge is 2.17. The van der Waals surface area contributed by atoms with Crippen molar-refractivity contribution in [3.63, 3.8) is 0 Å². The summed E-state index contributed by atoms with van der Waals surface area (Å²) in [5.74, 6) is -1.66. The van der Waals surface area contributed by atoms with E-state index in [1.165, 1.54) is 17.7 Å². The van der Waals surface area contributed by atoms with Crippen LogP contribution in [0, 0.1) is 5.92 Å². The van der Waals surface area contributed by atoms with E-state index < -0.39 is 11.9 Å². The van der Waals surface area contributed by atoms with Crippen molar-refractivity contribution < 1.29 is 19.5 Å². The molecule has 0 aliphatic heterocycles. The van der Waals surface area contributed by atoms with Crippen LogP contribution in [0.5, 0.6) is 0 Å². The maximum Gasteiger partial charge on any atom is 0.336 e. The van der Waals surface area contributed by atoms with Gasteiger partial charge in [0.1, 0.15) is 0 Å². The minimum atomic E-state index is -1.18. The van der Waals surface area contributed by atoms with E-state index in [2.05, 4.69) is 17.6 Å². The van der Waals surface area contributed by atoms with Gasteiger partial charge in [-0.05, 0) is 55.7 Å². The van der Waals surface area contributed by atoms with Gasteiger partial charge in [-0.25, -0.2) is 4.79 Å². The minimum absolute atomic E-state index is 0.0526. The third-order valence-corrected chi connectivity index (χ3v) is 4.55. The molecule has 0 radical (unpaired) electrons. The Balaban J connectivity index is 1.75. The molecule has 6 heteroatoms. The average Bonchev–Trinajstić information content (AvgIpc) is 2.67. The fourth-order valence-corrected chi connectivity index (χ4v) is 3.33. The number of carbonyl (C=O) groups is 3. The lowest BCUT2D eigenvalue weighted by atomic mass is 9.95. The van der Waals surface area contributed by atoms with E-state index in [1.54, 1.807) is 36.4 Å². The van der Waals surface area contributed by atoms with Gasteiger partial charge in [-0.15, -0.1) is 0 Å². The lowest BCUT2D eigenvalue weighted by Gasteiger charge is -2.17. The molecule has 0 aromatic heterocycles. The molecule has 29 heavy (non-hydrogen) atoms. The molecule has 1 aliphatic rings. The molecule has 1 unspecified atom stereocenters. The highest BCUT2D eigenvalue weighted by Crippen LogP contribution is 2.21. The molecular weight excluding hydrogens is 368 g/mol. The summed E-state index contributed by atoms with van der Waals surface area (Å²) in [6.45, 7) is 4.12. The molecule has 2 amide bonds. The van der Waals surface area contributed by atoms with Crippen LogP contribution >= 0.6 is 0 Å². The normalized spacial score (nSPS) is 15.7. The van der Waals surface area contributed by atoms with Crippen molar-refractivity contribution in [2.45, 2.75) is 20.3 Å². The van der Waals surface area contributed by atoms with Gasteiger partial charge in [0.15, 0.2) is 0 Å². The predicted octanol–water partition coefficient (Wildman–Crippen LogP) is 4.24. The minimum Gasteiger partial charge on any atom is -0.478 e. The molecule has 0 spiro atoms. The summed E-state index contributed by atoms with van der Waals surface area (Å²) in [5, 5.41) is 14.8. The van der Waals surface area contributed by atoms with Crippen LogP contribution in [-0.2, 0) is 0 Å². The number of hydrogen-bond donors (Lipinski definition) is 3. The zero-order valence-corrected chi connectivity index (χ0v) is 16.2. The Bertz CT molecular complexity index is 1040. The van der Waals surface area contributed by atoms with Crippen LogP contribution in [0.1, 0.15) is 51.3 Å². The number of rotatable bonds is 5. The molecule has 0 saturated carbocycles. The topological polar surface area (TPSA) is 95.5 Å². The summed E-state index contributed by atoms with van der Waals surface area (Å²) in [5.41, 5.74) is 2.72. The smallest absolute Gasteiger partial charge is 0.336 e. The van der Waals surface area contributed by atoms with Gasteiger partial charge in [-0.2, -0.15) is 0 Å². The van der Waals surface area contributed by atoms with Crippen molar-refractivity contribution in [3.05, 3.63) is 88.6 Å². The molecule has 148 valence electrons. The summed E-state index contributed by atoms with van der Waals surface area (Å²) in [7, 11) is 0. The van der Waals surface area contributed by atoms with Crippen LogP contribution in [0.4, 0.5) is 5.69 Å². The standard InChI is InChI=1S/C23H22N2O4/c1-14-10-15(2)12-18(11-14)25-21(26)16-6-5-7-17(13-16)24-22(27)19-8-3-4-9-20(19)23(28)29/h3-9,11-14H,10H2,1-2H3,(H,24,27)(H,25,26)(H,28,29). The Morgan fingerprint density at radius 3 is 2.38 bits per heavy atom. The van der Waals surface area contributed by atoms with Gasteiger partial charge in [-0.1, -0.05) is 36.8 Å². The summed E-state index contributed by atoms with van der Waals surface area (Å²) in [6, 6.07) is 12.5. The number of carbonyl (C=O) groups excluding carboxylic acids is 2. The molecular formula is C23H22N2O4. The quantitative estimate of drug-likeness (QED) is 0.712. The van der Waals surface area contributed by atoms with E-state index >= 15 is 0 Å². The Morgan fingerprint density at radius 2 is 1.69 bits per heavy atom. The zero-order chi connectivity index (χ0) is 21.0. The molecule has 0 saturated heterocycles. The van der Waals surface area contributed by atoms with Gasteiger partial charge in [0.25, 0.3) is 11.8 Å². The first-order valence-electron chi connectivity index (χ1n) is 9.27. The third kappa shape index (κ3) is 4.99. The number of amides is 2. The number of benzene rings is 2. The number of carboxylic acids is 1. The number of allylic oxidation sites excluding steroid dienone is 3. The van der Waals surface area contributed by atoms with Crippen LogP contribution in [0.25, 0.3) is 0 Å². The Hall–Kier alpha value is -3.67. The van der Waals surface area contributed by atoms with Gasteiger partial charge in [0.05, 0.1) is 11.1 Å². The second kappa shape index (κ2) is 8.56. The number of anilines is 1. The van der Waals surface area contributed by atoms with Crippen molar-refractivity contribution in [2.75, 3.05) is 5.32 Å². The monoisotopic (exact) mass is 390 g/mol. The first kappa shape index (κ1) is 20.1. The van der Waals surface area contributed by atoms with E-state index in [0.717, 1.165) is 12.1 Å². The summed E-state index contributed by atoms with van der Waals surface area (Å²) >= 11 is 0. The second-order valence-electron chi connectivity index (χ2n) is 7.13. The molecule has 0 heterocycles. The van der Waals surface area contributed by atoms with Gasteiger partial charge in [0.2, 0.25) is 0 Å². The van der Waals surface area contributed by atoms with Crippen molar-refractivity contribution >= 4 is 23.5 Å². The van der Waals surface area contributed by atoms with Crippen LogP contribution < -0.4 is 10.6 Å². The first-order valence-corrected chi connectivity index (χ1v) is 9.27. The van der Waals surface area contributed by atoms with Gasteiger partial charge in [-0.3, -0.25) is 9.59 Å².